The zero-order chi connectivity index (χ0) is 26.9. The van der Waals surface area contributed by atoms with Gasteiger partial charge in [-0.3, -0.25) is 9.69 Å². The summed E-state index contributed by atoms with van der Waals surface area (Å²) in [6, 6.07) is 14.1. The Hall–Kier alpha value is -3.51. The van der Waals surface area contributed by atoms with E-state index in [1.165, 1.54) is 32.3 Å². The van der Waals surface area contributed by atoms with Crippen LogP contribution in [0.25, 0.3) is 0 Å². The maximum atomic E-state index is 13.8. The molecule has 1 aliphatic carbocycles. The summed E-state index contributed by atoms with van der Waals surface area (Å²) in [6.07, 6.45) is 15.0. The highest BCUT2D eigenvalue weighted by atomic mass is 16.5. The molecule has 6 nitrogen and oxygen atoms in total. The lowest BCUT2D eigenvalue weighted by molar-refractivity contribution is 0.0752. The fourth-order valence-electron chi connectivity index (χ4n) is 5.50. The first-order chi connectivity index (χ1) is 18.5. The normalized spacial score (nSPS) is 19.5. The Morgan fingerprint density at radius 3 is 2.68 bits per heavy atom. The van der Waals surface area contributed by atoms with Gasteiger partial charge in [0.1, 0.15) is 0 Å². The lowest BCUT2D eigenvalue weighted by atomic mass is 9.98. The number of rotatable bonds is 11. The van der Waals surface area contributed by atoms with E-state index in [0.717, 1.165) is 37.9 Å². The molecule has 6 heteroatoms. The van der Waals surface area contributed by atoms with Crippen molar-refractivity contribution in [1.82, 2.24) is 9.80 Å². The van der Waals surface area contributed by atoms with E-state index in [9.17, 15) is 9.90 Å². The average molecular weight is 517 g/mol. The molecule has 2 atom stereocenters. The van der Waals surface area contributed by atoms with Gasteiger partial charge in [0.05, 0.1) is 14.2 Å². The fourth-order valence-corrected chi connectivity index (χ4v) is 5.50. The molecule has 0 radical (unpaired) electrons. The summed E-state index contributed by atoms with van der Waals surface area (Å²) < 4.78 is 10.7. The van der Waals surface area contributed by atoms with Gasteiger partial charge in [0.15, 0.2) is 11.5 Å². The van der Waals surface area contributed by atoms with Crippen LogP contribution in [-0.2, 0) is 6.54 Å². The lowest BCUT2D eigenvalue weighted by Gasteiger charge is -2.29. The Bertz CT molecular complexity index is 1170. The van der Waals surface area contributed by atoms with Crippen molar-refractivity contribution in [1.29, 1.82) is 0 Å². The molecule has 4 rings (SSSR count). The average Bonchev–Trinajstić information content (AvgIpc) is 3.37. The molecule has 2 aliphatic rings. The minimum atomic E-state index is -0.124. The number of amides is 1. The minimum Gasteiger partial charge on any atom is -0.504 e. The number of nitrogens with zero attached hydrogens (tertiary/aromatic N) is 2. The van der Waals surface area contributed by atoms with Crippen LogP contribution in [0.3, 0.4) is 0 Å². The Labute approximate surface area is 226 Å². The molecular formula is C32H40N2O4. The van der Waals surface area contributed by atoms with Gasteiger partial charge < -0.3 is 19.5 Å². The fraction of sp³-hybridized carbons (Fsp3) is 0.406. The maximum Gasteiger partial charge on any atom is 0.254 e. The van der Waals surface area contributed by atoms with Crippen molar-refractivity contribution in [3.05, 3.63) is 89.5 Å². The SMILES string of the molecule is COc1cc(C(=O)N(CCC2CCCN2Cc2ccccc2)C/C(C)=C/C2C=CC=CC2)cc(O)c1OC. The summed E-state index contributed by atoms with van der Waals surface area (Å²) >= 11 is 0. The van der Waals surface area contributed by atoms with Crippen LogP contribution in [0, 0.1) is 5.92 Å². The number of phenols is 1. The number of carbonyl (C=O) groups excluding carboxylic acids is 1. The highest BCUT2D eigenvalue weighted by Crippen LogP contribution is 2.38. The monoisotopic (exact) mass is 516 g/mol. The second-order valence-corrected chi connectivity index (χ2v) is 10.2. The summed E-state index contributed by atoms with van der Waals surface area (Å²) in [5.74, 6) is 0.684. The van der Waals surface area contributed by atoms with Crippen LogP contribution >= 0.6 is 0 Å². The maximum absolute atomic E-state index is 13.8. The zero-order valence-electron chi connectivity index (χ0n) is 22.8. The second-order valence-electron chi connectivity index (χ2n) is 10.2. The molecule has 1 saturated heterocycles. The highest BCUT2D eigenvalue weighted by molar-refractivity contribution is 5.95. The van der Waals surface area contributed by atoms with E-state index in [1.54, 1.807) is 6.07 Å². The van der Waals surface area contributed by atoms with Gasteiger partial charge >= 0.3 is 0 Å². The molecule has 1 N–H and O–H groups in total. The predicted molar refractivity (Wildman–Crippen MR) is 152 cm³/mol. The molecule has 1 amide bonds. The molecule has 1 fully saturated rings. The topological polar surface area (TPSA) is 62.2 Å². The van der Waals surface area contributed by atoms with Gasteiger partial charge in [-0.1, -0.05) is 66.3 Å². The first kappa shape index (κ1) is 27.5. The highest BCUT2D eigenvalue weighted by Gasteiger charge is 2.27. The van der Waals surface area contributed by atoms with E-state index in [2.05, 4.69) is 72.5 Å². The third-order valence-electron chi connectivity index (χ3n) is 7.41. The minimum absolute atomic E-state index is 0.105. The molecule has 1 heterocycles. The summed E-state index contributed by atoms with van der Waals surface area (Å²) in [4.78, 5) is 18.3. The van der Waals surface area contributed by atoms with Crippen molar-refractivity contribution >= 4 is 5.91 Å². The number of ether oxygens (including phenoxy) is 2. The third-order valence-corrected chi connectivity index (χ3v) is 7.41. The summed E-state index contributed by atoms with van der Waals surface area (Å²) in [5, 5.41) is 10.5. The Morgan fingerprint density at radius 1 is 1.16 bits per heavy atom. The molecule has 2 aromatic carbocycles. The van der Waals surface area contributed by atoms with Crippen LogP contribution < -0.4 is 9.47 Å². The molecule has 1 aliphatic heterocycles. The van der Waals surface area contributed by atoms with E-state index in [1.807, 2.05) is 4.90 Å². The standard InChI is InChI=1S/C32H40N2O4/c1-24(19-25-11-6-4-7-12-25)22-34(32(36)27-20-29(35)31(38-3)30(21-27)37-2)18-16-28-15-10-17-33(28)23-26-13-8-5-9-14-26/h4-9,11,13-14,19-21,25,28,35H,10,12,15-18,22-23H2,1-3H3/b24-19+. The number of hydrogen-bond donors (Lipinski definition) is 1. The summed E-state index contributed by atoms with van der Waals surface area (Å²) in [7, 11) is 2.97. The molecule has 0 bridgehead atoms. The molecule has 202 valence electrons. The first-order valence-corrected chi connectivity index (χ1v) is 13.5. The van der Waals surface area contributed by atoms with E-state index in [-0.39, 0.29) is 17.4 Å². The van der Waals surface area contributed by atoms with Crippen LogP contribution in [0.2, 0.25) is 0 Å². The largest absolute Gasteiger partial charge is 0.504 e. The Balaban J connectivity index is 1.52. The molecule has 0 aromatic heterocycles. The lowest BCUT2D eigenvalue weighted by Crippen LogP contribution is -2.37. The molecule has 2 aromatic rings. The van der Waals surface area contributed by atoms with Crippen LogP contribution in [0.15, 0.2) is 78.4 Å². The first-order valence-electron chi connectivity index (χ1n) is 13.5. The van der Waals surface area contributed by atoms with Gasteiger partial charge in [0, 0.05) is 31.2 Å². The number of aromatic hydroxyl groups is 1. The van der Waals surface area contributed by atoms with Crippen molar-refractivity contribution in [2.45, 2.75) is 45.2 Å². The molecular weight excluding hydrogens is 476 g/mol. The van der Waals surface area contributed by atoms with Crippen LogP contribution in [-0.4, -0.2) is 60.7 Å². The molecule has 38 heavy (non-hydrogen) atoms. The Kier molecular flexibility index (Phi) is 9.66. The quantitative estimate of drug-likeness (QED) is 0.372. The smallest absolute Gasteiger partial charge is 0.254 e. The predicted octanol–water partition coefficient (Wildman–Crippen LogP) is 5.98. The van der Waals surface area contributed by atoms with Crippen molar-refractivity contribution in [2.24, 2.45) is 5.92 Å². The van der Waals surface area contributed by atoms with E-state index in [0.29, 0.717) is 36.4 Å². The summed E-state index contributed by atoms with van der Waals surface area (Å²) in [5.41, 5.74) is 2.86. The van der Waals surface area contributed by atoms with Crippen molar-refractivity contribution in [2.75, 3.05) is 33.9 Å². The number of benzene rings is 2. The molecule has 0 spiro atoms. The van der Waals surface area contributed by atoms with Gasteiger partial charge in [-0.15, -0.1) is 0 Å². The number of hydrogen-bond acceptors (Lipinski definition) is 5. The number of carbonyl (C=O) groups is 1. The van der Waals surface area contributed by atoms with Crippen molar-refractivity contribution in [3.63, 3.8) is 0 Å². The van der Waals surface area contributed by atoms with E-state index >= 15 is 0 Å². The van der Waals surface area contributed by atoms with Crippen LogP contribution in [0.5, 0.6) is 17.2 Å². The van der Waals surface area contributed by atoms with Crippen LogP contribution in [0.4, 0.5) is 0 Å². The van der Waals surface area contributed by atoms with Crippen LogP contribution in [0.1, 0.15) is 48.5 Å². The van der Waals surface area contributed by atoms with Gasteiger partial charge in [-0.25, -0.2) is 0 Å². The number of likely N-dealkylation sites (tertiary alicyclic amines) is 1. The second kappa shape index (κ2) is 13.3. The van der Waals surface area contributed by atoms with E-state index < -0.39 is 0 Å². The zero-order valence-corrected chi connectivity index (χ0v) is 22.8. The van der Waals surface area contributed by atoms with Gasteiger partial charge in [-0.05, 0) is 62.8 Å². The molecule has 2 unspecified atom stereocenters. The number of methoxy groups -OCH3 is 2. The van der Waals surface area contributed by atoms with E-state index in [4.69, 9.17) is 9.47 Å². The third kappa shape index (κ3) is 7.07. The number of phenolic OH excluding ortho intramolecular Hbond substituents is 1. The Morgan fingerprint density at radius 2 is 1.97 bits per heavy atom. The van der Waals surface area contributed by atoms with Crippen molar-refractivity contribution < 1.29 is 19.4 Å². The van der Waals surface area contributed by atoms with Gasteiger partial charge in [0.25, 0.3) is 5.91 Å². The van der Waals surface area contributed by atoms with Gasteiger partial charge in [0.2, 0.25) is 5.75 Å². The number of allylic oxidation sites excluding steroid dienone is 5. The van der Waals surface area contributed by atoms with Gasteiger partial charge in [-0.2, -0.15) is 0 Å². The van der Waals surface area contributed by atoms with Crippen molar-refractivity contribution in [3.8, 4) is 17.2 Å². The summed E-state index contributed by atoms with van der Waals surface area (Å²) in [6.45, 7) is 5.28. The molecule has 0 saturated carbocycles.